The topological polar surface area (TPSA) is 67.2 Å². The highest BCUT2D eigenvalue weighted by Crippen LogP contribution is 2.21. The predicted molar refractivity (Wildman–Crippen MR) is 109 cm³/mol. The molecule has 3 rings (SSSR count). The molecule has 1 aromatic heterocycles. The minimum atomic E-state index is -0.380. The lowest BCUT2D eigenvalue weighted by molar-refractivity contribution is -0.138. The third kappa shape index (κ3) is 4.53. The fraction of sp³-hybridized carbons (Fsp3) is 0.450. The fourth-order valence-corrected chi connectivity index (χ4v) is 3.92. The third-order valence-corrected chi connectivity index (χ3v) is 5.32. The molecule has 1 aliphatic heterocycles. The van der Waals surface area contributed by atoms with Crippen LogP contribution in [-0.2, 0) is 9.59 Å². The summed E-state index contributed by atoms with van der Waals surface area (Å²) in [5.74, 6) is 0.353. The highest BCUT2D eigenvalue weighted by molar-refractivity contribution is 7.99. The first-order chi connectivity index (χ1) is 13.0. The van der Waals surface area contributed by atoms with Crippen LogP contribution >= 0.6 is 11.8 Å². The number of hydrogen-bond acceptors (Lipinski definition) is 4. The molecule has 0 unspecified atom stereocenters. The Bertz CT molecular complexity index is 816. The summed E-state index contributed by atoms with van der Waals surface area (Å²) in [6, 6.07) is 9.27. The first-order valence-corrected chi connectivity index (χ1v) is 10.6. The maximum absolute atomic E-state index is 12.8. The van der Waals surface area contributed by atoms with Gasteiger partial charge in [-0.1, -0.05) is 0 Å². The van der Waals surface area contributed by atoms with Crippen molar-refractivity contribution in [3.63, 3.8) is 0 Å². The van der Waals surface area contributed by atoms with E-state index < -0.39 is 0 Å². The SMILES string of the molecule is CSCC(=O)N1CCCC[C@@H]1C(=O)Nc1ccc(-n2nc(C)cc2C)cc1. The van der Waals surface area contributed by atoms with Gasteiger partial charge >= 0.3 is 0 Å². The number of hydrogen-bond donors (Lipinski definition) is 1. The van der Waals surface area contributed by atoms with Gasteiger partial charge in [0.15, 0.2) is 0 Å². The third-order valence-electron chi connectivity index (χ3n) is 4.78. The van der Waals surface area contributed by atoms with E-state index in [1.165, 1.54) is 11.8 Å². The zero-order valence-electron chi connectivity index (χ0n) is 16.1. The molecule has 144 valence electrons. The largest absolute Gasteiger partial charge is 0.330 e. The van der Waals surface area contributed by atoms with Gasteiger partial charge in [0.05, 0.1) is 17.1 Å². The molecule has 0 aliphatic carbocycles. The van der Waals surface area contributed by atoms with Crippen molar-refractivity contribution < 1.29 is 9.59 Å². The second kappa shape index (κ2) is 8.61. The second-order valence-corrected chi connectivity index (χ2v) is 7.77. The molecule has 1 N–H and O–H groups in total. The van der Waals surface area contributed by atoms with Crippen molar-refractivity contribution in [1.29, 1.82) is 0 Å². The minimum Gasteiger partial charge on any atom is -0.330 e. The molecule has 0 spiro atoms. The Balaban J connectivity index is 1.69. The molecule has 1 fully saturated rings. The van der Waals surface area contributed by atoms with Gasteiger partial charge < -0.3 is 10.2 Å². The summed E-state index contributed by atoms with van der Waals surface area (Å²) in [5, 5.41) is 7.44. The zero-order valence-corrected chi connectivity index (χ0v) is 16.9. The average Bonchev–Trinajstić information content (AvgIpc) is 3.00. The van der Waals surface area contributed by atoms with E-state index in [0.29, 0.717) is 12.3 Å². The van der Waals surface area contributed by atoms with E-state index in [-0.39, 0.29) is 17.9 Å². The molecule has 1 atom stereocenters. The van der Waals surface area contributed by atoms with Crippen LogP contribution in [0.3, 0.4) is 0 Å². The Hall–Kier alpha value is -2.28. The van der Waals surface area contributed by atoms with Crippen molar-refractivity contribution in [2.75, 3.05) is 23.9 Å². The summed E-state index contributed by atoms with van der Waals surface area (Å²) < 4.78 is 1.88. The maximum Gasteiger partial charge on any atom is 0.247 e. The van der Waals surface area contributed by atoms with Crippen LogP contribution in [0.4, 0.5) is 5.69 Å². The van der Waals surface area contributed by atoms with Gasteiger partial charge in [-0.25, -0.2) is 4.68 Å². The molecule has 0 saturated carbocycles. The van der Waals surface area contributed by atoms with Crippen LogP contribution in [-0.4, -0.2) is 51.1 Å². The number of carbonyl (C=O) groups excluding carboxylic acids is 2. The summed E-state index contributed by atoms with van der Waals surface area (Å²) in [4.78, 5) is 26.8. The molecule has 1 saturated heterocycles. The number of amides is 2. The van der Waals surface area contributed by atoms with Crippen LogP contribution in [0, 0.1) is 13.8 Å². The smallest absolute Gasteiger partial charge is 0.247 e. The van der Waals surface area contributed by atoms with Crippen molar-refractivity contribution in [1.82, 2.24) is 14.7 Å². The number of benzene rings is 1. The lowest BCUT2D eigenvalue weighted by Gasteiger charge is -2.34. The standard InChI is InChI=1S/C20H26N4O2S/c1-14-12-15(2)24(22-14)17-9-7-16(8-10-17)21-20(26)18-6-4-5-11-23(18)19(25)13-27-3/h7-10,12,18H,4-6,11,13H2,1-3H3,(H,21,26)/t18-/m1/s1. The molecule has 0 bridgehead atoms. The van der Waals surface area contributed by atoms with E-state index in [9.17, 15) is 9.59 Å². The Kier molecular flexibility index (Phi) is 6.21. The minimum absolute atomic E-state index is 0.0437. The van der Waals surface area contributed by atoms with E-state index in [1.54, 1.807) is 4.90 Å². The zero-order chi connectivity index (χ0) is 19.4. The quantitative estimate of drug-likeness (QED) is 0.857. The molecule has 1 aliphatic rings. The monoisotopic (exact) mass is 386 g/mol. The Labute approximate surface area is 164 Å². The molecule has 2 aromatic rings. The van der Waals surface area contributed by atoms with E-state index in [4.69, 9.17) is 0 Å². The number of piperidine rings is 1. The summed E-state index contributed by atoms with van der Waals surface area (Å²) in [5.41, 5.74) is 3.72. The number of carbonyl (C=O) groups is 2. The summed E-state index contributed by atoms with van der Waals surface area (Å²) in [6.45, 7) is 4.64. The number of nitrogens with zero attached hydrogens (tertiary/aromatic N) is 3. The molecule has 6 nitrogen and oxygen atoms in total. The lowest BCUT2D eigenvalue weighted by Crippen LogP contribution is -2.50. The molecular formula is C20H26N4O2S. The molecule has 1 aromatic carbocycles. The van der Waals surface area contributed by atoms with Gasteiger partial charge in [-0.05, 0) is 69.7 Å². The summed E-state index contributed by atoms with van der Waals surface area (Å²) in [6.07, 6.45) is 4.55. The first-order valence-electron chi connectivity index (χ1n) is 9.22. The Morgan fingerprint density at radius 3 is 2.59 bits per heavy atom. The van der Waals surface area contributed by atoms with E-state index >= 15 is 0 Å². The summed E-state index contributed by atoms with van der Waals surface area (Å²) >= 11 is 1.49. The van der Waals surface area contributed by atoms with E-state index in [2.05, 4.69) is 10.4 Å². The van der Waals surface area contributed by atoms with Gasteiger partial charge in [0, 0.05) is 17.9 Å². The lowest BCUT2D eigenvalue weighted by atomic mass is 10.0. The van der Waals surface area contributed by atoms with Crippen LogP contribution in [0.2, 0.25) is 0 Å². The number of anilines is 1. The van der Waals surface area contributed by atoms with Crippen LogP contribution in [0.15, 0.2) is 30.3 Å². The van der Waals surface area contributed by atoms with Crippen LogP contribution in [0.1, 0.15) is 30.7 Å². The van der Waals surface area contributed by atoms with Crippen molar-refractivity contribution in [3.05, 3.63) is 41.7 Å². The van der Waals surface area contributed by atoms with Gasteiger partial charge in [-0.2, -0.15) is 16.9 Å². The van der Waals surface area contributed by atoms with Crippen LogP contribution < -0.4 is 5.32 Å². The Morgan fingerprint density at radius 1 is 1.22 bits per heavy atom. The number of likely N-dealkylation sites (tertiary alicyclic amines) is 1. The molecule has 7 heteroatoms. The molecule has 0 radical (unpaired) electrons. The molecule has 27 heavy (non-hydrogen) atoms. The number of thioether (sulfide) groups is 1. The highest BCUT2D eigenvalue weighted by Gasteiger charge is 2.31. The fourth-order valence-electron chi connectivity index (χ4n) is 3.51. The van der Waals surface area contributed by atoms with Crippen molar-refractivity contribution in [3.8, 4) is 5.69 Å². The molecule has 2 amide bonds. The number of aromatic nitrogens is 2. The number of rotatable bonds is 5. The van der Waals surface area contributed by atoms with Crippen molar-refractivity contribution in [2.45, 2.75) is 39.2 Å². The maximum atomic E-state index is 12.8. The van der Waals surface area contributed by atoms with Crippen LogP contribution in [0.5, 0.6) is 0 Å². The number of nitrogens with one attached hydrogen (secondary N) is 1. The number of aryl methyl sites for hydroxylation is 2. The van der Waals surface area contributed by atoms with Gasteiger partial charge in [-0.3, -0.25) is 9.59 Å². The normalized spacial score (nSPS) is 17.0. The highest BCUT2D eigenvalue weighted by atomic mass is 32.2. The first kappa shape index (κ1) is 19.5. The van der Waals surface area contributed by atoms with Gasteiger partial charge in [0.2, 0.25) is 11.8 Å². The second-order valence-electron chi connectivity index (χ2n) is 6.91. The van der Waals surface area contributed by atoms with Crippen molar-refractivity contribution >= 4 is 29.3 Å². The van der Waals surface area contributed by atoms with Gasteiger partial charge in [0.25, 0.3) is 0 Å². The molecule has 2 heterocycles. The van der Waals surface area contributed by atoms with Crippen LogP contribution in [0.25, 0.3) is 5.69 Å². The Morgan fingerprint density at radius 2 is 1.96 bits per heavy atom. The van der Waals surface area contributed by atoms with E-state index in [0.717, 1.165) is 42.0 Å². The van der Waals surface area contributed by atoms with E-state index in [1.807, 2.05) is 55.1 Å². The summed E-state index contributed by atoms with van der Waals surface area (Å²) in [7, 11) is 0. The predicted octanol–water partition coefficient (Wildman–Crippen LogP) is 3.17. The van der Waals surface area contributed by atoms with Crippen molar-refractivity contribution in [2.24, 2.45) is 0 Å². The average molecular weight is 387 g/mol. The molecular weight excluding hydrogens is 360 g/mol. The van der Waals surface area contributed by atoms with Gasteiger partial charge in [-0.15, -0.1) is 0 Å². The van der Waals surface area contributed by atoms with Gasteiger partial charge in [0.1, 0.15) is 6.04 Å².